The first-order valence-electron chi connectivity index (χ1n) is 12.2. The molecular formula is C28H32ClN3O2S. The lowest BCUT2D eigenvalue weighted by atomic mass is 9.94. The Kier molecular flexibility index (Phi) is 8.83. The van der Waals surface area contributed by atoms with Crippen molar-refractivity contribution in [2.75, 3.05) is 11.9 Å². The van der Waals surface area contributed by atoms with E-state index in [0.29, 0.717) is 23.8 Å². The second kappa shape index (κ2) is 12.2. The lowest BCUT2D eigenvalue weighted by Crippen LogP contribution is -2.49. The number of carbonyl (C=O) groups excluding carboxylic acids is 2. The lowest BCUT2D eigenvalue weighted by molar-refractivity contribution is -0.133. The molecule has 0 bridgehead atoms. The molecule has 1 aliphatic carbocycles. The van der Waals surface area contributed by atoms with Crippen LogP contribution in [0.15, 0.2) is 66.0 Å². The molecule has 184 valence electrons. The fourth-order valence-electron chi connectivity index (χ4n) is 4.54. The molecule has 5 nitrogen and oxygen atoms in total. The van der Waals surface area contributed by atoms with Gasteiger partial charge in [-0.3, -0.25) is 4.79 Å². The first-order valence-corrected chi connectivity index (χ1v) is 13.4. The predicted molar refractivity (Wildman–Crippen MR) is 144 cm³/mol. The van der Waals surface area contributed by atoms with E-state index in [-0.39, 0.29) is 24.5 Å². The fourth-order valence-corrected chi connectivity index (χ4v) is 5.65. The molecule has 0 aliphatic heterocycles. The number of carbonyl (C=O) groups is 2. The normalized spacial score (nSPS) is 13.9. The van der Waals surface area contributed by atoms with E-state index in [1.54, 1.807) is 34.4 Å². The summed E-state index contributed by atoms with van der Waals surface area (Å²) >= 11 is 7.78. The number of anilines is 1. The van der Waals surface area contributed by atoms with Crippen LogP contribution in [0.5, 0.6) is 0 Å². The van der Waals surface area contributed by atoms with Crippen molar-refractivity contribution in [1.82, 2.24) is 9.80 Å². The number of hydrogen-bond donors (Lipinski definition) is 1. The smallest absolute Gasteiger partial charge is 0.322 e. The predicted octanol–water partition coefficient (Wildman–Crippen LogP) is 7.11. The third-order valence-electron chi connectivity index (χ3n) is 6.53. The number of nitrogens with one attached hydrogen (secondary N) is 1. The van der Waals surface area contributed by atoms with Crippen LogP contribution < -0.4 is 5.32 Å². The van der Waals surface area contributed by atoms with Gasteiger partial charge in [0.1, 0.15) is 6.54 Å². The average Bonchev–Trinajstić information content (AvgIpc) is 3.27. The lowest BCUT2D eigenvalue weighted by Gasteiger charge is -2.35. The molecule has 1 aromatic heterocycles. The minimum absolute atomic E-state index is 0.0477. The summed E-state index contributed by atoms with van der Waals surface area (Å²) in [7, 11) is 0. The Hall–Kier alpha value is -2.83. The number of urea groups is 1. The number of halogens is 1. The molecule has 3 amide bonds. The highest BCUT2D eigenvalue weighted by Gasteiger charge is 2.29. The van der Waals surface area contributed by atoms with Crippen molar-refractivity contribution < 1.29 is 9.59 Å². The van der Waals surface area contributed by atoms with Crippen LogP contribution >= 0.6 is 22.9 Å². The van der Waals surface area contributed by atoms with Crippen molar-refractivity contribution in [1.29, 1.82) is 0 Å². The Morgan fingerprint density at radius 3 is 2.46 bits per heavy atom. The highest BCUT2D eigenvalue weighted by atomic mass is 35.5. The van der Waals surface area contributed by atoms with Gasteiger partial charge in [-0.15, -0.1) is 11.3 Å². The topological polar surface area (TPSA) is 52.7 Å². The summed E-state index contributed by atoms with van der Waals surface area (Å²) in [5.41, 5.74) is 2.89. The monoisotopic (exact) mass is 509 g/mol. The summed E-state index contributed by atoms with van der Waals surface area (Å²) in [6.07, 6.45) is 5.15. The molecule has 35 heavy (non-hydrogen) atoms. The number of nitrogens with zero attached hydrogens (tertiary/aromatic N) is 2. The summed E-state index contributed by atoms with van der Waals surface area (Å²) in [5.74, 6) is -0.0477. The highest BCUT2D eigenvalue weighted by Crippen LogP contribution is 2.25. The second-order valence-electron chi connectivity index (χ2n) is 9.12. The highest BCUT2D eigenvalue weighted by molar-refractivity contribution is 7.10. The molecular weight excluding hydrogens is 478 g/mol. The third-order valence-corrected chi connectivity index (χ3v) is 7.77. The second-order valence-corrected chi connectivity index (χ2v) is 10.6. The first-order chi connectivity index (χ1) is 17.0. The first kappa shape index (κ1) is 25.3. The third kappa shape index (κ3) is 7.09. The van der Waals surface area contributed by atoms with Gasteiger partial charge >= 0.3 is 6.03 Å². The number of rotatable bonds is 8. The zero-order valence-corrected chi connectivity index (χ0v) is 21.7. The van der Waals surface area contributed by atoms with E-state index >= 15 is 0 Å². The van der Waals surface area contributed by atoms with Crippen molar-refractivity contribution in [2.24, 2.45) is 0 Å². The van der Waals surface area contributed by atoms with Crippen molar-refractivity contribution in [3.05, 3.63) is 87.1 Å². The summed E-state index contributed by atoms with van der Waals surface area (Å²) < 4.78 is 0. The van der Waals surface area contributed by atoms with Crippen molar-refractivity contribution in [2.45, 2.75) is 58.2 Å². The average molecular weight is 510 g/mol. The molecule has 0 saturated heterocycles. The van der Waals surface area contributed by atoms with Crippen LogP contribution in [0.3, 0.4) is 0 Å². The van der Waals surface area contributed by atoms with E-state index in [9.17, 15) is 9.59 Å². The van der Waals surface area contributed by atoms with Crippen molar-refractivity contribution in [3.8, 4) is 0 Å². The molecule has 1 fully saturated rings. The van der Waals surface area contributed by atoms with Crippen LogP contribution in [-0.2, 0) is 17.9 Å². The van der Waals surface area contributed by atoms with Gasteiger partial charge in [0.15, 0.2) is 0 Å². The fraction of sp³-hybridized carbons (Fsp3) is 0.357. The van der Waals surface area contributed by atoms with E-state index in [1.807, 2.05) is 41.3 Å². The number of benzene rings is 2. The van der Waals surface area contributed by atoms with Crippen LogP contribution in [0.25, 0.3) is 0 Å². The Morgan fingerprint density at radius 2 is 1.77 bits per heavy atom. The Labute approximate surface area is 216 Å². The Bertz CT molecular complexity index is 1130. The molecule has 2 aromatic carbocycles. The van der Waals surface area contributed by atoms with Gasteiger partial charge in [0.2, 0.25) is 5.91 Å². The SMILES string of the molecule is Cc1ccsc1CN(Cc1ccccc1)C(=O)CN(C(=O)Nc1cccc(Cl)c1)C1CCCCC1. The maximum atomic E-state index is 13.7. The quantitative estimate of drug-likeness (QED) is 0.352. The van der Waals surface area contributed by atoms with Gasteiger partial charge in [0, 0.05) is 28.2 Å². The van der Waals surface area contributed by atoms with Crippen LogP contribution in [0.4, 0.5) is 10.5 Å². The van der Waals surface area contributed by atoms with Gasteiger partial charge in [-0.1, -0.05) is 67.3 Å². The van der Waals surface area contributed by atoms with Crippen LogP contribution in [-0.4, -0.2) is 34.3 Å². The van der Waals surface area contributed by atoms with Gasteiger partial charge in [0.05, 0.1) is 6.54 Å². The summed E-state index contributed by atoms with van der Waals surface area (Å²) in [6.45, 7) is 3.16. The summed E-state index contributed by atoms with van der Waals surface area (Å²) in [6, 6.07) is 19.0. The van der Waals surface area contributed by atoms with E-state index in [1.165, 1.54) is 16.9 Å². The minimum Gasteiger partial charge on any atom is -0.332 e. The molecule has 0 spiro atoms. The van der Waals surface area contributed by atoms with E-state index < -0.39 is 0 Å². The standard InChI is InChI=1S/C28H32ClN3O2S/c1-21-15-16-35-26(21)19-31(18-22-9-4-2-5-10-22)27(33)20-32(25-13-6-3-7-14-25)28(34)30-24-12-8-11-23(29)17-24/h2,4-5,8-12,15-17,25H,3,6-7,13-14,18-20H2,1H3,(H,30,34). The van der Waals surface area contributed by atoms with Crippen molar-refractivity contribution >= 4 is 40.6 Å². The van der Waals surface area contributed by atoms with Crippen molar-refractivity contribution in [3.63, 3.8) is 0 Å². The molecule has 0 unspecified atom stereocenters. The number of amides is 3. The van der Waals surface area contributed by atoms with E-state index in [0.717, 1.165) is 31.2 Å². The van der Waals surface area contributed by atoms with Gasteiger partial charge in [0.25, 0.3) is 0 Å². The maximum absolute atomic E-state index is 13.7. The summed E-state index contributed by atoms with van der Waals surface area (Å²) in [4.78, 5) is 31.9. The van der Waals surface area contributed by atoms with Gasteiger partial charge < -0.3 is 15.1 Å². The van der Waals surface area contributed by atoms with Crippen LogP contribution in [0, 0.1) is 6.92 Å². The molecule has 3 aromatic rings. The molecule has 0 radical (unpaired) electrons. The molecule has 1 heterocycles. The molecule has 4 rings (SSSR count). The van der Waals surface area contributed by atoms with Crippen LogP contribution in [0.1, 0.15) is 48.1 Å². The maximum Gasteiger partial charge on any atom is 0.322 e. The van der Waals surface area contributed by atoms with Gasteiger partial charge in [-0.05, 0) is 60.5 Å². The Balaban J connectivity index is 1.54. The van der Waals surface area contributed by atoms with Gasteiger partial charge in [-0.2, -0.15) is 0 Å². The Morgan fingerprint density at radius 1 is 1.00 bits per heavy atom. The number of hydrogen-bond acceptors (Lipinski definition) is 3. The number of thiophene rings is 1. The molecule has 0 atom stereocenters. The number of aryl methyl sites for hydroxylation is 1. The van der Waals surface area contributed by atoms with E-state index in [2.05, 4.69) is 23.7 Å². The zero-order valence-electron chi connectivity index (χ0n) is 20.1. The zero-order chi connectivity index (χ0) is 24.6. The van der Waals surface area contributed by atoms with Crippen LogP contribution in [0.2, 0.25) is 5.02 Å². The molecule has 1 saturated carbocycles. The van der Waals surface area contributed by atoms with E-state index in [4.69, 9.17) is 11.6 Å². The largest absolute Gasteiger partial charge is 0.332 e. The molecule has 1 aliphatic rings. The molecule has 1 N–H and O–H groups in total. The molecule has 7 heteroatoms. The minimum atomic E-state index is -0.250. The summed E-state index contributed by atoms with van der Waals surface area (Å²) in [5, 5.41) is 5.58. The van der Waals surface area contributed by atoms with Gasteiger partial charge in [-0.25, -0.2) is 4.79 Å².